The topological polar surface area (TPSA) is 29.9 Å². The molecule has 0 fully saturated rings. The van der Waals surface area contributed by atoms with E-state index in [1.54, 1.807) is 0 Å². The minimum atomic E-state index is 0.419. The van der Waals surface area contributed by atoms with Gasteiger partial charge in [0, 0.05) is 18.3 Å². The standard InChI is InChI=1S/C14H27N3/c1-7-10(3)15-9-11(4)17-13(6)14(8-2)12(5)16-17/h10-11,15H,7-9H2,1-6H3. The van der Waals surface area contributed by atoms with E-state index in [0.29, 0.717) is 12.1 Å². The van der Waals surface area contributed by atoms with Crippen LogP contribution < -0.4 is 5.32 Å². The van der Waals surface area contributed by atoms with Gasteiger partial charge in [0.1, 0.15) is 0 Å². The molecule has 98 valence electrons. The molecule has 0 saturated carbocycles. The fourth-order valence-corrected chi connectivity index (χ4v) is 2.24. The summed E-state index contributed by atoms with van der Waals surface area (Å²) >= 11 is 0. The molecule has 0 saturated heterocycles. The van der Waals surface area contributed by atoms with Crippen LogP contribution in [-0.2, 0) is 6.42 Å². The van der Waals surface area contributed by atoms with Gasteiger partial charge in [-0.2, -0.15) is 5.10 Å². The van der Waals surface area contributed by atoms with E-state index in [1.165, 1.54) is 23.4 Å². The molecule has 17 heavy (non-hydrogen) atoms. The summed E-state index contributed by atoms with van der Waals surface area (Å²) in [5.74, 6) is 0. The average molecular weight is 237 g/mol. The average Bonchev–Trinajstić information content (AvgIpc) is 2.60. The zero-order valence-electron chi connectivity index (χ0n) is 12.2. The van der Waals surface area contributed by atoms with Gasteiger partial charge in [0.2, 0.25) is 0 Å². The van der Waals surface area contributed by atoms with Crippen molar-refractivity contribution in [2.24, 2.45) is 0 Å². The minimum Gasteiger partial charge on any atom is -0.312 e. The van der Waals surface area contributed by atoms with E-state index < -0.39 is 0 Å². The Morgan fingerprint density at radius 1 is 1.24 bits per heavy atom. The zero-order valence-corrected chi connectivity index (χ0v) is 12.2. The lowest BCUT2D eigenvalue weighted by Crippen LogP contribution is -2.31. The van der Waals surface area contributed by atoms with E-state index in [9.17, 15) is 0 Å². The van der Waals surface area contributed by atoms with Crippen LogP contribution in [0.3, 0.4) is 0 Å². The maximum absolute atomic E-state index is 4.66. The zero-order chi connectivity index (χ0) is 13.0. The van der Waals surface area contributed by atoms with Crippen molar-refractivity contribution in [3.8, 4) is 0 Å². The number of nitrogens with zero attached hydrogens (tertiary/aromatic N) is 2. The summed E-state index contributed by atoms with van der Waals surface area (Å²) in [5.41, 5.74) is 3.91. The third kappa shape index (κ3) is 3.32. The summed E-state index contributed by atoms with van der Waals surface area (Å²) in [4.78, 5) is 0. The SMILES string of the molecule is CCc1c(C)nn(C(C)CNC(C)CC)c1C. The summed E-state index contributed by atoms with van der Waals surface area (Å²) in [6.07, 6.45) is 2.24. The maximum Gasteiger partial charge on any atom is 0.0628 e. The number of hydrogen-bond acceptors (Lipinski definition) is 2. The predicted molar refractivity (Wildman–Crippen MR) is 73.5 cm³/mol. The molecule has 3 nitrogen and oxygen atoms in total. The van der Waals surface area contributed by atoms with Crippen LogP contribution in [-0.4, -0.2) is 22.4 Å². The third-order valence-corrected chi connectivity index (χ3v) is 3.62. The van der Waals surface area contributed by atoms with Gasteiger partial charge in [0.05, 0.1) is 11.7 Å². The lowest BCUT2D eigenvalue weighted by atomic mass is 10.1. The number of hydrogen-bond donors (Lipinski definition) is 1. The van der Waals surface area contributed by atoms with Gasteiger partial charge < -0.3 is 5.32 Å². The molecule has 0 spiro atoms. The van der Waals surface area contributed by atoms with Crippen molar-refractivity contribution < 1.29 is 0 Å². The fraction of sp³-hybridized carbons (Fsp3) is 0.786. The molecule has 0 aliphatic heterocycles. The Labute approximate surface area is 106 Å². The highest BCUT2D eigenvalue weighted by atomic mass is 15.3. The molecule has 0 aliphatic carbocycles. The Bertz CT molecular complexity index is 355. The van der Waals surface area contributed by atoms with Gasteiger partial charge in [-0.15, -0.1) is 0 Å². The second-order valence-corrected chi connectivity index (χ2v) is 5.01. The van der Waals surface area contributed by atoms with Gasteiger partial charge >= 0.3 is 0 Å². The fourth-order valence-electron chi connectivity index (χ4n) is 2.24. The van der Waals surface area contributed by atoms with E-state index in [2.05, 4.69) is 56.6 Å². The van der Waals surface area contributed by atoms with Crippen LogP contribution in [0.1, 0.15) is 57.1 Å². The third-order valence-electron chi connectivity index (χ3n) is 3.62. The summed E-state index contributed by atoms with van der Waals surface area (Å²) in [7, 11) is 0. The van der Waals surface area contributed by atoms with Crippen LogP contribution in [0.15, 0.2) is 0 Å². The highest BCUT2D eigenvalue weighted by Gasteiger charge is 2.14. The van der Waals surface area contributed by atoms with Crippen LogP contribution in [0.25, 0.3) is 0 Å². The molecular weight excluding hydrogens is 210 g/mol. The van der Waals surface area contributed by atoms with Gasteiger partial charge in [0.25, 0.3) is 0 Å². The Morgan fingerprint density at radius 2 is 1.88 bits per heavy atom. The molecule has 0 aliphatic rings. The number of aromatic nitrogens is 2. The van der Waals surface area contributed by atoms with Crippen molar-refractivity contribution in [2.45, 2.75) is 66.5 Å². The predicted octanol–water partition coefficient (Wildman–Crippen LogP) is 3.01. The highest BCUT2D eigenvalue weighted by Crippen LogP contribution is 2.17. The van der Waals surface area contributed by atoms with Gasteiger partial charge in [-0.3, -0.25) is 4.68 Å². The van der Waals surface area contributed by atoms with Crippen LogP contribution in [0.2, 0.25) is 0 Å². The Hall–Kier alpha value is -0.830. The molecule has 3 heteroatoms. The molecule has 2 atom stereocenters. The number of nitrogens with one attached hydrogen (secondary N) is 1. The summed E-state index contributed by atoms with van der Waals surface area (Å²) in [5, 5.41) is 8.21. The summed E-state index contributed by atoms with van der Waals surface area (Å²) in [6, 6.07) is 1.00. The van der Waals surface area contributed by atoms with Crippen LogP contribution >= 0.6 is 0 Å². The molecular formula is C14H27N3. The highest BCUT2D eigenvalue weighted by molar-refractivity contribution is 5.24. The molecule has 1 rings (SSSR count). The first kappa shape index (κ1) is 14.2. The largest absolute Gasteiger partial charge is 0.312 e. The Kier molecular flexibility index (Phi) is 5.19. The molecule has 0 aromatic carbocycles. The molecule has 1 N–H and O–H groups in total. The van der Waals surface area contributed by atoms with Crippen molar-refractivity contribution in [2.75, 3.05) is 6.54 Å². The second-order valence-electron chi connectivity index (χ2n) is 5.01. The first-order valence-electron chi connectivity index (χ1n) is 6.79. The monoisotopic (exact) mass is 237 g/mol. The second kappa shape index (κ2) is 6.20. The quantitative estimate of drug-likeness (QED) is 0.824. The van der Waals surface area contributed by atoms with E-state index in [1.807, 2.05) is 0 Å². The van der Waals surface area contributed by atoms with Crippen molar-refractivity contribution in [1.82, 2.24) is 15.1 Å². The normalized spacial score (nSPS) is 14.9. The van der Waals surface area contributed by atoms with E-state index in [-0.39, 0.29) is 0 Å². The van der Waals surface area contributed by atoms with Gasteiger partial charge in [-0.1, -0.05) is 13.8 Å². The van der Waals surface area contributed by atoms with Crippen molar-refractivity contribution >= 4 is 0 Å². The van der Waals surface area contributed by atoms with E-state index >= 15 is 0 Å². The molecule has 1 aromatic rings. The lowest BCUT2D eigenvalue weighted by molar-refractivity contribution is 0.412. The van der Waals surface area contributed by atoms with Crippen LogP contribution in [0.4, 0.5) is 0 Å². The summed E-state index contributed by atoms with van der Waals surface area (Å²) in [6.45, 7) is 14.1. The maximum atomic E-state index is 4.66. The molecule has 0 amide bonds. The van der Waals surface area contributed by atoms with Crippen molar-refractivity contribution in [3.63, 3.8) is 0 Å². The first-order valence-corrected chi connectivity index (χ1v) is 6.79. The van der Waals surface area contributed by atoms with Gasteiger partial charge in [-0.05, 0) is 46.1 Å². The van der Waals surface area contributed by atoms with Gasteiger partial charge in [-0.25, -0.2) is 0 Å². The van der Waals surface area contributed by atoms with Crippen LogP contribution in [0, 0.1) is 13.8 Å². The van der Waals surface area contributed by atoms with E-state index in [4.69, 9.17) is 0 Å². The first-order chi connectivity index (χ1) is 8.01. The molecule has 0 radical (unpaired) electrons. The molecule has 2 unspecified atom stereocenters. The lowest BCUT2D eigenvalue weighted by Gasteiger charge is -2.18. The van der Waals surface area contributed by atoms with Crippen LogP contribution in [0.5, 0.6) is 0 Å². The molecule has 1 heterocycles. The minimum absolute atomic E-state index is 0.419. The summed E-state index contributed by atoms with van der Waals surface area (Å²) < 4.78 is 2.17. The van der Waals surface area contributed by atoms with Crippen molar-refractivity contribution in [1.29, 1.82) is 0 Å². The molecule has 1 aromatic heterocycles. The van der Waals surface area contributed by atoms with E-state index in [0.717, 1.165) is 13.0 Å². The number of aryl methyl sites for hydroxylation is 1. The Morgan fingerprint density at radius 3 is 2.35 bits per heavy atom. The Balaban J connectivity index is 2.72. The van der Waals surface area contributed by atoms with Crippen molar-refractivity contribution in [3.05, 3.63) is 17.0 Å². The van der Waals surface area contributed by atoms with Gasteiger partial charge in [0.15, 0.2) is 0 Å². The molecule has 0 bridgehead atoms. The number of rotatable bonds is 6. The smallest absolute Gasteiger partial charge is 0.0628 e.